The molecule has 0 aromatic carbocycles. The lowest BCUT2D eigenvalue weighted by Gasteiger charge is -2.19. The summed E-state index contributed by atoms with van der Waals surface area (Å²) in [5.74, 6) is 0. The summed E-state index contributed by atoms with van der Waals surface area (Å²) in [7, 11) is 1.74. The average molecular weight is 219 g/mol. The Bertz CT molecular complexity index is 301. The van der Waals surface area contributed by atoms with E-state index in [1.165, 1.54) is 0 Å². The van der Waals surface area contributed by atoms with E-state index in [1.807, 2.05) is 0 Å². The molecule has 0 saturated carbocycles. The number of aromatic nitrogens is 2. The molecule has 0 saturated heterocycles. The van der Waals surface area contributed by atoms with Crippen LogP contribution in [0.1, 0.15) is 18.6 Å². The van der Waals surface area contributed by atoms with Gasteiger partial charge in [0.1, 0.15) is 12.7 Å². The Morgan fingerprint density at radius 3 is 2.67 bits per heavy atom. The zero-order chi connectivity index (χ0) is 11.4. The van der Waals surface area contributed by atoms with E-state index in [9.17, 15) is 8.78 Å². The zero-order valence-electron chi connectivity index (χ0n) is 8.73. The molecular weight excluding hydrogens is 204 g/mol. The molecule has 0 aliphatic heterocycles. The largest absolute Gasteiger partial charge is 0.366 e. The quantitative estimate of drug-likeness (QED) is 0.806. The SMILES string of the molecule is CC(N)C(OCC(F)F)c1cnn(C)c1. The molecule has 0 spiro atoms. The number of hydrogen-bond acceptors (Lipinski definition) is 3. The maximum absolute atomic E-state index is 12.0. The first-order chi connectivity index (χ1) is 7.00. The van der Waals surface area contributed by atoms with Crippen molar-refractivity contribution in [2.75, 3.05) is 6.61 Å². The highest BCUT2D eigenvalue weighted by molar-refractivity contribution is 5.10. The second-order valence-electron chi connectivity index (χ2n) is 3.45. The summed E-state index contributed by atoms with van der Waals surface area (Å²) in [6.07, 6.45) is 0.259. The molecule has 4 nitrogen and oxygen atoms in total. The van der Waals surface area contributed by atoms with Crippen molar-refractivity contribution in [1.29, 1.82) is 0 Å². The molecule has 1 aromatic heterocycles. The Balaban J connectivity index is 2.66. The summed E-state index contributed by atoms with van der Waals surface area (Å²) in [4.78, 5) is 0. The fourth-order valence-corrected chi connectivity index (χ4v) is 1.32. The maximum Gasteiger partial charge on any atom is 0.261 e. The summed E-state index contributed by atoms with van der Waals surface area (Å²) in [6.45, 7) is 1.10. The number of rotatable bonds is 5. The van der Waals surface area contributed by atoms with E-state index >= 15 is 0 Å². The lowest BCUT2D eigenvalue weighted by molar-refractivity contribution is -0.0326. The lowest BCUT2D eigenvalue weighted by atomic mass is 10.1. The second-order valence-corrected chi connectivity index (χ2v) is 3.45. The minimum Gasteiger partial charge on any atom is -0.366 e. The van der Waals surface area contributed by atoms with Crippen LogP contribution in [-0.2, 0) is 11.8 Å². The first kappa shape index (κ1) is 12.1. The van der Waals surface area contributed by atoms with Gasteiger partial charge in [-0.2, -0.15) is 5.10 Å². The molecule has 0 bridgehead atoms. The van der Waals surface area contributed by atoms with Crippen LogP contribution in [0.3, 0.4) is 0 Å². The topological polar surface area (TPSA) is 53.1 Å². The Morgan fingerprint density at radius 1 is 1.60 bits per heavy atom. The fraction of sp³-hybridized carbons (Fsp3) is 0.667. The van der Waals surface area contributed by atoms with E-state index in [0.717, 1.165) is 0 Å². The van der Waals surface area contributed by atoms with Gasteiger partial charge in [0, 0.05) is 24.8 Å². The van der Waals surface area contributed by atoms with Gasteiger partial charge in [-0.25, -0.2) is 8.78 Å². The van der Waals surface area contributed by atoms with Crippen molar-refractivity contribution in [2.24, 2.45) is 12.8 Å². The van der Waals surface area contributed by atoms with E-state index in [1.54, 1.807) is 31.0 Å². The molecule has 2 unspecified atom stereocenters. The number of ether oxygens (including phenoxy) is 1. The van der Waals surface area contributed by atoms with Gasteiger partial charge < -0.3 is 10.5 Å². The zero-order valence-corrected chi connectivity index (χ0v) is 8.73. The van der Waals surface area contributed by atoms with Crippen molar-refractivity contribution in [2.45, 2.75) is 25.5 Å². The van der Waals surface area contributed by atoms with Crippen LogP contribution in [0.5, 0.6) is 0 Å². The summed E-state index contributed by atoms with van der Waals surface area (Å²) in [6, 6.07) is -0.354. The highest BCUT2D eigenvalue weighted by Crippen LogP contribution is 2.20. The molecule has 0 fully saturated rings. The predicted molar refractivity (Wildman–Crippen MR) is 51.6 cm³/mol. The van der Waals surface area contributed by atoms with Gasteiger partial charge in [-0.15, -0.1) is 0 Å². The van der Waals surface area contributed by atoms with E-state index in [4.69, 9.17) is 10.5 Å². The highest BCUT2D eigenvalue weighted by atomic mass is 19.3. The van der Waals surface area contributed by atoms with Crippen LogP contribution in [0, 0.1) is 0 Å². The van der Waals surface area contributed by atoms with Gasteiger partial charge in [-0.1, -0.05) is 0 Å². The van der Waals surface area contributed by atoms with E-state index in [0.29, 0.717) is 5.56 Å². The average Bonchev–Trinajstić information content (AvgIpc) is 2.51. The monoisotopic (exact) mass is 219 g/mol. The number of aryl methyl sites for hydroxylation is 1. The van der Waals surface area contributed by atoms with Crippen LogP contribution in [0.4, 0.5) is 8.78 Å². The van der Waals surface area contributed by atoms with Crippen molar-refractivity contribution in [3.05, 3.63) is 18.0 Å². The van der Waals surface area contributed by atoms with Crippen molar-refractivity contribution >= 4 is 0 Å². The number of nitrogens with two attached hydrogens (primary N) is 1. The van der Waals surface area contributed by atoms with E-state index in [-0.39, 0.29) is 6.04 Å². The van der Waals surface area contributed by atoms with Crippen LogP contribution in [-0.4, -0.2) is 28.9 Å². The number of hydrogen-bond donors (Lipinski definition) is 1. The third kappa shape index (κ3) is 3.56. The van der Waals surface area contributed by atoms with Gasteiger partial charge in [0.05, 0.1) is 6.20 Å². The van der Waals surface area contributed by atoms with E-state index < -0.39 is 19.1 Å². The normalized spacial score (nSPS) is 15.6. The van der Waals surface area contributed by atoms with Crippen molar-refractivity contribution in [3.63, 3.8) is 0 Å². The summed E-state index contributed by atoms with van der Waals surface area (Å²) in [5, 5.41) is 3.94. The van der Waals surface area contributed by atoms with Crippen LogP contribution >= 0.6 is 0 Å². The lowest BCUT2D eigenvalue weighted by Crippen LogP contribution is -2.28. The molecule has 6 heteroatoms. The number of nitrogens with zero attached hydrogens (tertiary/aromatic N) is 2. The molecule has 0 radical (unpaired) electrons. The minimum atomic E-state index is -2.48. The van der Waals surface area contributed by atoms with Crippen LogP contribution in [0.15, 0.2) is 12.4 Å². The standard InChI is InChI=1S/C9H15F2N3O/c1-6(12)9(15-5-8(10)11)7-3-13-14(2)4-7/h3-4,6,8-9H,5,12H2,1-2H3. The highest BCUT2D eigenvalue weighted by Gasteiger charge is 2.20. The third-order valence-corrected chi connectivity index (χ3v) is 1.93. The van der Waals surface area contributed by atoms with Gasteiger partial charge in [0.15, 0.2) is 0 Å². The first-order valence-electron chi connectivity index (χ1n) is 4.64. The Hall–Kier alpha value is -1.01. The molecule has 1 rings (SSSR count). The van der Waals surface area contributed by atoms with Gasteiger partial charge in [0.25, 0.3) is 6.43 Å². The van der Waals surface area contributed by atoms with Crippen LogP contribution in [0.25, 0.3) is 0 Å². The molecule has 1 aromatic rings. The Kier molecular flexibility index (Phi) is 4.16. The van der Waals surface area contributed by atoms with Gasteiger partial charge >= 0.3 is 0 Å². The maximum atomic E-state index is 12.0. The van der Waals surface area contributed by atoms with Crippen LogP contribution < -0.4 is 5.73 Å². The minimum absolute atomic E-state index is 0.354. The molecule has 0 amide bonds. The molecule has 2 N–H and O–H groups in total. The number of halogens is 2. The van der Waals surface area contributed by atoms with Crippen LogP contribution in [0.2, 0.25) is 0 Å². The summed E-state index contributed by atoms with van der Waals surface area (Å²) in [5.41, 5.74) is 6.37. The smallest absolute Gasteiger partial charge is 0.261 e. The van der Waals surface area contributed by atoms with Gasteiger partial charge in [-0.05, 0) is 6.92 Å². The summed E-state index contributed by atoms with van der Waals surface area (Å²) < 4.78 is 30.6. The second kappa shape index (κ2) is 5.18. The number of alkyl halides is 2. The van der Waals surface area contributed by atoms with Gasteiger partial charge in [0.2, 0.25) is 0 Å². The molecule has 2 atom stereocenters. The molecule has 15 heavy (non-hydrogen) atoms. The first-order valence-corrected chi connectivity index (χ1v) is 4.64. The van der Waals surface area contributed by atoms with E-state index in [2.05, 4.69) is 5.10 Å². The Labute approximate surface area is 87.0 Å². The molecule has 0 aliphatic carbocycles. The fourth-order valence-electron chi connectivity index (χ4n) is 1.32. The molecule has 0 aliphatic rings. The molecule has 86 valence electrons. The predicted octanol–water partition coefficient (Wildman–Crippen LogP) is 1.09. The third-order valence-electron chi connectivity index (χ3n) is 1.93. The molecular formula is C9H15F2N3O. The van der Waals surface area contributed by atoms with Gasteiger partial charge in [-0.3, -0.25) is 4.68 Å². The van der Waals surface area contributed by atoms with Crippen molar-refractivity contribution in [1.82, 2.24) is 9.78 Å². The van der Waals surface area contributed by atoms with Crippen molar-refractivity contribution in [3.8, 4) is 0 Å². The van der Waals surface area contributed by atoms with Crippen molar-refractivity contribution < 1.29 is 13.5 Å². The molecule has 1 heterocycles. The Morgan fingerprint density at radius 2 is 2.27 bits per heavy atom. The summed E-state index contributed by atoms with van der Waals surface area (Å²) >= 11 is 0.